The minimum atomic E-state index is -2.32. The van der Waals surface area contributed by atoms with Crippen LogP contribution in [0.3, 0.4) is 0 Å². The summed E-state index contributed by atoms with van der Waals surface area (Å²) in [6.07, 6.45) is -1.56. The molecule has 2 atom stereocenters. The van der Waals surface area contributed by atoms with Crippen LogP contribution in [0.15, 0.2) is 0 Å². The Bertz CT molecular complexity index is 488. The summed E-state index contributed by atoms with van der Waals surface area (Å²) in [7, 11) is 4.18. The molecule has 0 saturated carbocycles. The largest absolute Gasteiger partial charge is 0.469 e. The first-order valence-corrected chi connectivity index (χ1v) is 6.63. The van der Waals surface area contributed by atoms with Gasteiger partial charge in [-0.05, 0) is 0 Å². The third-order valence-electron chi connectivity index (χ3n) is 3.56. The number of methoxy groups -OCH3 is 4. The maximum Gasteiger partial charge on any atom is 0.341 e. The number of esters is 4. The van der Waals surface area contributed by atoms with E-state index in [0.29, 0.717) is 0 Å². The molecular weight excluding hydrogens is 314 g/mol. The van der Waals surface area contributed by atoms with Crippen LogP contribution in [0.4, 0.5) is 0 Å². The number of likely N-dealkylation sites (N-methyl/N-ethyl adjacent to an activating group) is 1. The predicted octanol–water partition coefficient (Wildman–Crippen LogP) is -1.33. The van der Waals surface area contributed by atoms with Gasteiger partial charge < -0.3 is 18.9 Å². The zero-order chi connectivity index (χ0) is 17.8. The van der Waals surface area contributed by atoms with E-state index in [1.807, 2.05) is 0 Å². The summed E-state index contributed by atoms with van der Waals surface area (Å²) in [6, 6.07) is 0. The third kappa shape index (κ3) is 2.75. The molecule has 1 heterocycles. The molecule has 0 aliphatic carbocycles. The van der Waals surface area contributed by atoms with E-state index < -0.39 is 41.4 Å². The smallest absolute Gasteiger partial charge is 0.341 e. The summed E-state index contributed by atoms with van der Waals surface area (Å²) in [4.78, 5) is 54.2. The molecule has 23 heavy (non-hydrogen) atoms. The minimum Gasteiger partial charge on any atom is -0.469 e. The molecule has 0 spiro atoms. The van der Waals surface area contributed by atoms with Crippen molar-refractivity contribution in [3.63, 3.8) is 0 Å². The molecule has 1 saturated heterocycles. The van der Waals surface area contributed by atoms with Crippen LogP contribution in [0.2, 0.25) is 0 Å². The number of carbonyl (C=O) groups is 4. The zero-order valence-electron chi connectivity index (χ0n) is 13.5. The molecule has 0 unspecified atom stereocenters. The lowest BCUT2D eigenvalue weighted by atomic mass is 9.80. The maximum atomic E-state index is 12.4. The van der Waals surface area contributed by atoms with Crippen molar-refractivity contribution in [2.75, 3.05) is 35.0 Å². The van der Waals surface area contributed by atoms with Crippen molar-refractivity contribution in [1.82, 2.24) is 5.06 Å². The minimum absolute atomic E-state index is 0.0226. The standard InChI is InChI=1S/C13H19NO9/c1-6-14-13(11(17)21-4,12(18)22-5)7(9(15)19-2)8(23-14)10(16)20-3/h7-8H,6H2,1-5H3/t7-,8+/m1/s1. The van der Waals surface area contributed by atoms with Gasteiger partial charge in [0.1, 0.15) is 5.92 Å². The van der Waals surface area contributed by atoms with Gasteiger partial charge in [-0.25, -0.2) is 14.4 Å². The Morgan fingerprint density at radius 2 is 1.39 bits per heavy atom. The van der Waals surface area contributed by atoms with Gasteiger partial charge in [0.05, 0.1) is 28.4 Å². The average Bonchev–Trinajstić information content (AvgIpc) is 2.94. The van der Waals surface area contributed by atoms with Gasteiger partial charge in [0, 0.05) is 6.54 Å². The third-order valence-corrected chi connectivity index (χ3v) is 3.56. The van der Waals surface area contributed by atoms with Gasteiger partial charge in [0.15, 0.2) is 6.10 Å². The zero-order valence-corrected chi connectivity index (χ0v) is 13.5. The summed E-state index contributed by atoms with van der Waals surface area (Å²) < 4.78 is 18.5. The topological polar surface area (TPSA) is 118 Å². The molecule has 1 aliphatic rings. The number of carbonyl (C=O) groups excluding carboxylic acids is 4. The monoisotopic (exact) mass is 333 g/mol. The normalized spacial score (nSPS) is 23.0. The van der Waals surface area contributed by atoms with E-state index >= 15 is 0 Å². The van der Waals surface area contributed by atoms with Gasteiger partial charge in [-0.2, -0.15) is 5.06 Å². The highest BCUT2D eigenvalue weighted by Gasteiger charge is 2.71. The van der Waals surface area contributed by atoms with Gasteiger partial charge in [0.25, 0.3) is 5.54 Å². The van der Waals surface area contributed by atoms with Crippen LogP contribution in [-0.4, -0.2) is 75.6 Å². The van der Waals surface area contributed by atoms with Gasteiger partial charge in [-0.1, -0.05) is 6.92 Å². The van der Waals surface area contributed by atoms with E-state index in [0.717, 1.165) is 33.5 Å². The van der Waals surface area contributed by atoms with E-state index in [2.05, 4.69) is 18.9 Å². The van der Waals surface area contributed by atoms with Crippen molar-refractivity contribution in [1.29, 1.82) is 0 Å². The highest BCUT2D eigenvalue weighted by molar-refractivity contribution is 6.10. The van der Waals surface area contributed by atoms with E-state index in [4.69, 9.17) is 4.84 Å². The maximum absolute atomic E-state index is 12.4. The van der Waals surface area contributed by atoms with E-state index in [9.17, 15) is 19.2 Å². The van der Waals surface area contributed by atoms with Crippen LogP contribution >= 0.6 is 0 Å². The Kier molecular flexibility index (Phi) is 6.05. The van der Waals surface area contributed by atoms with E-state index in [-0.39, 0.29) is 6.54 Å². The van der Waals surface area contributed by atoms with Gasteiger partial charge in [-0.15, -0.1) is 0 Å². The Morgan fingerprint density at radius 1 is 0.913 bits per heavy atom. The first-order chi connectivity index (χ1) is 10.9. The summed E-state index contributed by atoms with van der Waals surface area (Å²) in [5.74, 6) is -5.86. The molecule has 0 aromatic rings. The number of rotatable bonds is 5. The number of ether oxygens (including phenoxy) is 4. The van der Waals surface area contributed by atoms with Crippen molar-refractivity contribution in [2.24, 2.45) is 5.92 Å². The molecular formula is C13H19NO9. The molecule has 1 fully saturated rings. The molecule has 0 N–H and O–H groups in total. The van der Waals surface area contributed by atoms with Crippen molar-refractivity contribution < 1.29 is 43.0 Å². The molecule has 0 radical (unpaired) electrons. The Labute approximate surface area is 132 Å². The highest BCUT2D eigenvalue weighted by atomic mass is 16.7. The van der Waals surface area contributed by atoms with Crippen LogP contribution in [0.5, 0.6) is 0 Å². The molecule has 130 valence electrons. The van der Waals surface area contributed by atoms with Crippen LogP contribution in [0.25, 0.3) is 0 Å². The quantitative estimate of drug-likeness (QED) is 0.340. The predicted molar refractivity (Wildman–Crippen MR) is 71.5 cm³/mol. The number of nitrogens with zero attached hydrogens (tertiary/aromatic N) is 1. The van der Waals surface area contributed by atoms with Crippen LogP contribution in [0.1, 0.15) is 6.92 Å². The highest BCUT2D eigenvalue weighted by Crippen LogP contribution is 2.40. The lowest BCUT2D eigenvalue weighted by Crippen LogP contribution is -2.63. The average molecular weight is 333 g/mol. The van der Waals surface area contributed by atoms with Crippen molar-refractivity contribution in [3.05, 3.63) is 0 Å². The first-order valence-electron chi connectivity index (χ1n) is 6.63. The molecule has 0 bridgehead atoms. The number of hydrogen-bond donors (Lipinski definition) is 0. The Hall–Kier alpha value is -2.20. The molecule has 0 amide bonds. The van der Waals surface area contributed by atoms with Crippen LogP contribution in [0, 0.1) is 5.92 Å². The summed E-state index contributed by atoms with van der Waals surface area (Å²) >= 11 is 0. The van der Waals surface area contributed by atoms with Gasteiger partial charge >= 0.3 is 23.9 Å². The summed E-state index contributed by atoms with van der Waals surface area (Å²) in [6.45, 7) is 1.53. The molecule has 1 rings (SSSR count). The number of hydroxylamine groups is 2. The van der Waals surface area contributed by atoms with Crippen molar-refractivity contribution >= 4 is 23.9 Å². The Balaban J connectivity index is 3.62. The fourth-order valence-electron chi connectivity index (χ4n) is 2.55. The fraction of sp³-hybridized carbons (Fsp3) is 0.692. The molecule has 10 heteroatoms. The Morgan fingerprint density at radius 3 is 1.74 bits per heavy atom. The SMILES string of the molecule is CCN1O[C@H](C(=O)OC)[C@H](C(=O)OC)C1(C(=O)OC)C(=O)OC. The molecule has 0 aromatic heterocycles. The van der Waals surface area contributed by atoms with Crippen LogP contribution < -0.4 is 0 Å². The van der Waals surface area contributed by atoms with E-state index in [1.54, 1.807) is 6.92 Å². The second kappa shape index (κ2) is 7.38. The van der Waals surface area contributed by atoms with Crippen molar-refractivity contribution in [3.8, 4) is 0 Å². The summed E-state index contributed by atoms with van der Waals surface area (Å²) in [5, 5.41) is 0.869. The van der Waals surface area contributed by atoms with Gasteiger partial charge in [0.2, 0.25) is 0 Å². The molecule has 10 nitrogen and oxygen atoms in total. The summed E-state index contributed by atoms with van der Waals surface area (Å²) in [5.41, 5.74) is -2.32. The second-order valence-electron chi connectivity index (χ2n) is 4.49. The molecule has 1 aliphatic heterocycles. The lowest BCUT2D eigenvalue weighted by molar-refractivity contribution is -0.214. The van der Waals surface area contributed by atoms with E-state index in [1.165, 1.54) is 0 Å². The lowest BCUT2D eigenvalue weighted by Gasteiger charge is -2.32. The number of hydrogen-bond acceptors (Lipinski definition) is 10. The van der Waals surface area contributed by atoms with Gasteiger partial charge in [-0.3, -0.25) is 9.63 Å². The van der Waals surface area contributed by atoms with Crippen molar-refractivity contribution in [2.45, 2.75) is 18.6 Å². The fourth-order valence-corrected chi connectivity index (χ4v) is 2.55. The second-order valence-corrected chi connectivity index (χ2v) is 4.49. The van der Waals surface area contributed by atoms with Crippen LogP contribution in [-0.2, 0) is 43.0 Å². The first kappa shape index (κ1) is 18.8. The molecule has 0 aromatic carbocycles.